The molecular formula is C18H19FN4O3. The van der Waals surface area contributed by atoms with Gasteiger partial charge in [-0.25, -0.2) is 13.9 Å². The van der Waals surface area contributed by atoms with Gasteiger partial charge in [-0.05, 0) is 30.9 Å². The number of benzene rings is 1. The lowest BCUT2D eigenvalue weighted by molar-refractivity contribution is -0.149. The predicted octanol–water partition coefficient (Wildman–Crippen LogP) is 2.73. The highest BCUT2D eigenvalue weighted by atomic mass is 19.1. The van der Waals surface area contributed by atoms with Crippen LogP contribution in [-0.2, 0) is 4.79 Å². The molecule has 2 heterocycles. The Bertz CT molecular complexity index is 868. The summed E-state index contributed by atoms with van der Waals surface area (Å²) in [5.41, 5.74) is -0.0949. The van der Waals surface area contributed by atoms with E-state index in [2.05, 4.69) is 10.4 Å². The molecule has 2 fully saturated rings. The van der Waals surface area contributed by atoms with E-state index in [-0.39, 0.29) is 24.2 Å². The molecule has 7 nitrogen and oxygen atoms in total. The molecule has 1 aliphatic heterocycles. The second kappa shape index (κ2) is 6.12. The Kier molecular flexibility index (Phi) is 3.90. The van der Waals surface area contributed by atoms with Gasteiger partial charge in [0.2, 0.25) is 0 Å². The largest absolute Gasteiger partial charge is 0.481 e. The van der Waals surface area contributed by atoms with Crippen molar-refractivity contribution in [2.75, 3.05) is 18.4 Å². The van der Waals surface area contributed by atoms with Crippen LogP contribution in [0.25, 0.3) is 5.69 Å². The first-order valence-electron chi connectivity index (χ1n) is 8.58. The van der Waals surface area contributed by atoms with E-state index in [1.165, 1.54) is 23.1 Å². The molecule has 0 radical (unpaired) electrons. The smallest absolute Gasteiger partial charge is 0.321 e. The van der Waals surface area contributed by atoms with E-state index >= 15 is 0 Å². The van der Waals surface area contributed by atoms with Crippen molar-refractivity contribution >= 4 is 17.7 Å². The van der Waals surface area contributed by atoms with Crippen LogP contribution in [0.2, 0.25) is 0 Å². The number of likely N-dealkylation sites (tertiary alicyclic amines) is 1. The maximum Gasteiger partial charge on any atom is 0.321 e. The summed E-state index contributed by atoms with van der Waals surface area (Å²) in [6.07, 6.45) is 5.31. The number of nitrogens with one attached hydrogen (secondary N) is 1. The van der Waals surface area contributed by atoms with E-state index in [4.69, 9.17) is 0 Å². The topological polar surface area (TPSA) is 87.5 Å². The van der Waals surface area contributed by atoms with Crippen LogP contribution >= 0.6 is 0 Å². The number of anilines is 1. The van der Waals surface area contributed by atoms with Gasteiger partial charge in [0, 0.05) is 13.1 Å². The Balaban J connectivity index is 1.47. The minimum absolute atomic E-state index is 0.00638. The second-order valence-electron chi connectivity index (χ2n) is 6.99. The van der Waals surface area contributed by atoms with Gasteiger partial charge >= 0.3 is 12.0 Å². The normalized spacial score (nSPS) is 24.5. The first-order chi connectivity index (χ1) is 12.5. The molecule has 0 bridgehead atoms. The molecule has 0 unspecified atom stereocenters. The van der Waals surface area contributed by atoms with Crippen molar-refractivity contribution in [3.63, 3.8) is 0 Å². The van der Waals surface area contributed by atoms with Crippen LogP contribution in [0.1, 0.15) is 19.3 Å². The molecule has 4 rings (SSSR count). The van der Waals surface area contributed by atoms with Crippen LogP contribution in [-0.4, -0.2) is 44.9 Å². The van der Waals surface area contributed by atoms with Crippen LogP contribution in [0.3, 0.4) is 0 Å². The minimum Gasteiger partial charge on any atom is -0.481 e. The average Bonchev–Trinajstić information content (AvgIpc) is 3.29. The van der Waals surface area contributed by atoms with Gasteiger partial charge in [0.05, 0.1) is 23.5 Å². The number of aromatic nitrogens is 2. The highest BCUT2D eigenvalue weighted by Crippen LogP contribution is 2.48. The Morgan fingerprint density at radius 1 is 1.35 bits per heavy atom. The number of halogens is 1. The number of fused-ring (bicyclic) bond motifs is 1. The third kappa shape index (κ3) is 2.61. The van der Waals surface area contributed by atoms with Crippen molar-refractivity contribution in [1.82, 2.24) is 14.7 Å². The fourth-order valence-electron chi connectivity index (χ4n) is 4.15. The molecule has 136 valence electrons. The lowest BCUT2D eigenvalue weighted by Crippen LogP contribution is -2.38. The number of hydrogen-bond donors (Lipinski definition) is 2. The monoisotopic (exact) mass is 358 g/mol. The van der Waals surface area contributed by atoms with E-state index in [1.807, 2.05) is 0 Å². The molecule has 2 aliphatic rings. The molecule has 1 aromatic carbocycles. The van der Waals surface area contributed by atoms with Crippen LogP contribution in [0, 0.1) is 17.2 Å². The molecule has 0 spiro atoms. The van der Waals surface area contributed by atoms with Gasteiger partial charge in [-0.1, -0.05) is 18.6 Å². The van der Waals surface area contributed by atoms with E-state index in [0.29, 0.717) is 18.7 Å². The zero-order chi connectivity index (χ0) is 18.3. The zero-order valence-electron chi connectivity index (χ0n) is 14.1. The van der Waals surface area contributed by atoms with E-state index < -0.39 is 17.2 Å². The summed E-state index contributed by atoms with van der Waals surface area (Å²) in [7, 11) is 0. The van der Waals surface area contributed by atoms with Gasteiger partial charge in [0.25, 0.3) is 0 Å². The van der Waals surface area contributed by atoms with Gasteiger partial charge in [0.15, 0.2) is 0 Å². The number of urea groups is 1. The minimum atomic E-state index is -0.817. The van der Waals surface area contributed by atoms with Crippen molar-refractivity contribution in [3.8, 4) is 5.69 Å². The number of carboxylic acids is 1. The molecule has 2 N–H and O–H groups in total. The van der Waals surface area contributed by atoms with Gasteiger partial charge in [0.1, 0.15) is 11.5 Å². The number of carbonyl (C=O) groups is 2. The second-order valence-corrected chi connectivity index (χ2v) is 6.99. The third-order valence-electron chi connectivity index (χ3n) is 5.52. The van der Waals surface area contributed by atoms with Gasteiger partial charge in [-0.2, -0.15) is 5.10 Å². The van der Waals surface area contributed by atoms with Crippen molar-refractivity contribution in [3.05, 3.63) is 42.5 Å². The first kappa shape index (κ1) is 16.6. The van der Waals surface area contributed by atoms with E-state index in [1.54, 1.807) is 23.1 Å². The summed E-state index contributed by atoms with van der Waals surface area (Å²) in [4.78, 5) is 25.8. The van der Waals surface area contributed by atoms with Gasteiger partial charge in [-0.15, -0.1) is 0 Å². The fraction of sp³-hybridized carbons (Fsp3) is 0.389. The van der Waals surface area contributed by atoms with Crippen molar-refractivity contribution in [1.29, 1.82) is 0 Å². The average molecular weight is 358 g/mol. The number of rotatable bonds is 3. The van der Waals surface area contributed by atoms with Crippen molar-refractivity contribution in [2.45, 2.75) is 19.3 Å². The maximum atomic E-state index is 13.8. The van der Waals surface area contributed by atoms with E-state index in [0.717, 1.165) is 12.8 Å². The summed E-state index contributed by atoms with van der Waals surface area (Å²) < 4.78 is 15.2. The number of hydrogen-bond acceptors (Lipinski definition) is 3. The summed E-state index contributed by atoms with van der Waals surface area (Å²) in [5.74, 6) is -1.22. The number of para-hydroxylation sites is 1. The summed E-state index contributed by atoms with van der Waals surface area (Å²) in [5, 5.41) is 16.4. The maximum absolute atomic E-state index is 13.8. The number of amides is 2. The SMILES string of the molecule is O=C(Nc1cnn(-c2ccccc2F)c1)N1C[C@@H]2CCC[C@@]2(C(=O)O)C1. The lowest BCUT2D eigenvalue weighted by Gasteiger charge is -2.23. The van der Waals surface area contributed by atoms with Crippen LogP contribution < -0.4 is 5.32 Å². The predicted molar refractivity (Wildman–Crippen MR) is 91.5 cm³/mol. The van der Waals surface area contributed by atoms with Crippen molar-refractivity contribution < 1.29 is 19.1 Å². The molecule has 2 atom stereocenters. The van der Waals surface area contributed by atoms with Crippen molar-refractivity contribution in [2.24, 2.45) is 11.3 Å². The van der Waals surface area contributed by atoms with E-state index in [9.17, 15) is 19.1 Å². The molecule has 1 aliphatic carbocycles. The van der Waals surface area contributed by atoms with Crippen LogP contribution in [0.5, 0.6) is 0 Å². The summed E-state index contributed by atoms with van der Waals surface area (Å²) in [6.45, 7) is 0.667. The van der Waals surface area contributed by atoms with Crippen LogP contribution in [0.15, 0.2) is 36.7 Å². The lowest BCUT2D eigenvalue weighted by atomic mass is 9.81. The highest BCUT2D eigenvalue weighted by Gasteiger charge is 2.55. The standard InChI is InChI=1S/C18H19FN4O3/c19-14-5-1-2-6-15(14)23-10-13(8-20-23)21-17(26)22-9-12-4-3-7-18(12,11-22)16(24)25/h1-2,5-6,8,10,12H,3-4,7,9,11H2,(H,21,26)(H,24,25)/t12-,18+/m0/s1. The Hall–Kier alpha value is -2.90. The van der Waals surface area contributed by atoms with Gasteiger partial charge < -0.3 is 15.3 Å². The Morgan fingerprint density at radius 3 is 2.88 bits per heavy atom. The quantitative estimate of drug-likeness (QED) is 0.883. The third-order valence-corrected chi connectivity index (χ3v) is 5.52. The fourth-order valence-corrected chi connectivity index (χ4v) is 4.15. The molecule has 1 aromatic heterocycles. The molecule has 26 heavy (non-hydrogen) atoms. The summed E-state index contributed by atoms with van der Waals surface area (Å²) in [6, 6.07) is 5.86. The van der Waals surface area contributed by atoms with Gasteiger partial charge in [-0.3, -0.25) is 4.79 Å². The zero-order valence-corrected chi connectivity index (χ0v) is 14.1. The number of nitrogens with zero attached hydrogens (tertiary/aromatic N) is 3. The number of aliphatic carboxylic acids is 1. The first-order valence-corrected chi connectivity index (χ1v) is 8.58. The molecular weight excluding hydrogens is 339 g/mol. The number of carbonyl (C=O) groups excluding carboxylic acids is 1. The molecule has 2 amide bonds. The molecule has 2 aromatic rings. The number of carboxylic acid groups (broad SMARTS) is 1. The molecule has 8 heteroatoms. The van der Waals surface area contributed by atoms with Crippen LogP contribution in [0.4, 0.5) is 14.9 Å². The molecule has 1 saturated carbocycles. The highest BCUT2D eigenvalue weighted by molar-refractivity contribution is 5.90. The Labute approximate surface area is 149 Å². The molecule has 1 saturated heterocycles. The summed E-state index contributed by atoms with van der Waals surface area (Å²) >= 11 is 0. The Morgan fingerprint density at radius 2 is 2.15 bits per heavy atom.